The molecule has 0 aliphatic carbocycles. The summed E-state index contributed by atoms with van der Waals surface area (Å²) in [5.74, 6) is 0. The number of aryl methyl sites for hydroxylation is 2. The molecule has 1 atom stereocenters. The van der Waals surface area contributed by atoms with Gasteiger partial charge in [-0.25, -0.2) is 0 Å². The lowest BCUT2D eigenvalue weighted by Crippen LogP contribution is -2.31. The average molecular weight is 282 g/mol. The van der Waals surface area contributed by atoms with Gasteiger partial charge in [-0.3, -0.25) is 4.90 Å². The van der Waals surface area contributed by atoms with Crippen molar-refractivity contribution in [3.05, 3.63) is 70.8 Å². The quantitative estimate of drug-likeness (QED) is 0.875. The van der Waals surface area contributed by atoms with Crippen LogP contribution in [-0.2, 0) is 13.0 Å². The van der Waals surface area contributed by atoms with Crippen LogP contribution in [0.25, 0.3) is 0 Å². The van der Waals surface area contributed by atoms with Crippen LogP contribution < -0.4 is 5.73 Å². The monoisotopic (exact) mass is 282 g/mol. The summed E-state index contributed by atoms with van der Waals surface area (Å²) >= 11 is 0. The van der Waals surface area contributed by atoms with Crippen LogP contribution in [-0.4, -0.2) is 18.5 Å². The standard InChI is InChI=1S/C19H26N2/c1-4-16-10-7-8-12-18(16)19(13-20)21(3)14-17-11-6-5-9-15(17)2/h5-12,19H,4,13-14,20H2,1-3H3. The second kappa shape index (κ2) is 7.39. The Labute approximate surface area is 128 Å². The smallest absolute Gasteiger partial charge is 0.0473 e. The summed E-state index contributed by atoms with van der Waals surface area (Å²) in [5.41, 5.74) is 11.5. The number of nitrogens with two attached hydrogens (primary N) is 1. The number of benzene rings is 2. The predicted octanol–water partition coefficient (Wildman–Crippen LogP) is 3.69. The van der Waals surface area contributed by atoms with Gasteiger partial charge in [0.1, 0.15) is 0 Å². The molecule has 0 radical (unpaired) electrons. The minimum atomic E-state index is 0.265. The summed E-state index contributed by atoms with van der Waals surface area (Å²) in [6, 6.07) is 17.5. The predicted molar refractivity (Wildman–Crippen MR) is 90.3 cm³/mol. The average Bonchev–Trinajstić information content (AvgIpc) is 2.51. The maximum Gasteiger partial charge on any atom is 0.0473 e. The van der Waals surface area contributed by atoms with Gasteiger partial charge in [0.05, 0.1) is 0 Å². The van der Waals surface area contributed by atoms with E-state index in [4.69, 9.17) is 5.73 Å². The molecule has 0 saturated heterocycles. The van der Waals surface area contributed by atoms with Crippen molar-refractivity contribution in [3.8, 4) is 0 Å². The first kappa shape index (κ1) is 15.7. The molecule has 0 bridgehead atoms. The number of hydrogen-bond acceptors (Lipinski definition) is 2. The fraction of sp³-hybridized carbons (Fsp3) is 0.368. The number of likely N-dealkylation sites (N-methyl/N-ethyl adjacent to an activating group) is 1. The molecule has 112 valence electrons. The van der Waals surface area contributed by atoms with E-state index in [0.29, 0.717) is 6.54 Å². The molecule has 0 spiro atoms. The van der Waals surface area contributed by atoms with Crippen molar-refractivity contribution < 1.29 is 0 Å². The SMILES string of the molecule is CCc1ccccc1C(CN)N(C)Cc1ccccc1C. The van der Waals surface area contributed by atoms with Gasteiger partial charge in [-0.1, -0.05) is 55.5 Å². The molecule has 2 nitrogen and oxygen atoms in total. The normalized spacial score (nSPS) is 12.6. The van der Waals surface area contributed by atoms with Gasteiger partial charge in [0.15, 0.2) is 0 Å². The third kappa shape index (κ3) is 3.72. The molecule has 21 heavy (non-hydrogen) atoms. The first-order chi connectivity index (χ1) is 10.2. The second-order valence-electron chi connectivity index (χ2n) is 5.65. The van der Waals surface area contributed by atoms with Gasteiger partial charge in [0.2, 0.25) is 0 Å². The molecule has 1 unspecified atom stereocenters. The number of nitrogens with zero attached hydrogens (tertiary/aromatic N) is 1. The van der Waals surface area contributed by atoms with Crippen LogP contribution in [0.15, 0.2) is 48.5 Å². The van der Waals surface area contributed by atoms with Crippen LogP contribution in [0.1, 0.15) is 35.2 Å². The minimum absolute atomic E-state index is 0.265. The molecular formula is C19H26N2. The summed E-state index contributed by atoms with van der Waals surface area (Å²) in [4.78, 5) is 2.36. The summed E-state index contributed by atoms with van der Waals surface area (Å²) in [5, 5.41) is 0. The van der Waals surface area contributed by atoms with Gasteiger partial charge in [-0.05, 0) is 42.6 Å². The lowest BCUT2D eigenvalue weighted by molar-refractivity contribution is 0.240. The summed E-state index contributed by atoms with van der Waals surface area (Å²) < 4.78 is 0. The topological polar surface area (TPSA) is 29.3 Å². The molecule has 2 aromatic rings. The van der Waals surface area contributed by atoms with E-state index < -0.39 is 0 Å². The Balaban J connectivity index is 2.23. The van der Waals surface area contributed by atoms with Crippen molar-refractivity contribution in [1.82, 2.24) is 4.90 Å². The van der Waals surface area contributed by atoms with E-state index in [0.717, 1.165) is 13.0 Å². The highest BCUT2D eigenvalue weighted by atomic mass is 15.1. The van der Waals surface area contributed by atoms with E-state index in [2.05, 4.69) is 74.3 Å². The van der Waals surface area contributed by atoms with Gasteiger partial charge in [-0.2, -0.15) is 0 Å². The minimum Gasteiger partial charge on any atom is -0.329 e. The largest absolute Gasteiger partial charge is 0.329 e. The van der Waals surface area contributed by atoms with Crippen LogP contribution in [0.5, 0.6) is 0 Å². The molecule has 0 amide bonds. The maximum atomic E-state index is 6.08. The highest BCUT2D eigenvalue weighted by Crippen LogP contribution is 2.24. The Bertz CT molecular complexity index is 577. The van der Waals surface area contributed by atoms with E-state index in [9.17, 15) is 0 Å². The Morgan fingerprint density at radius 3 is 2.24 bits per heavy atom. The van der Waals surface area contributed by atoms with Crippen molar-refractivity contribution in [2.24, 2.45) is 5.73 Å². The Kier molecular flexibility index (Phi) is 5.54. The molecule has 0 fully saturated rings. The molecule has 0 aliphatic rings. The number of rotatable bonds is 6. The van der Waals surface area contributed by atoms with E-state index in [1.165, 1.54) is 22.3 Å². The Morgan fingerprint density at radius 1 is 1.00 bits per heavy atom. The van der Waals surface area contributed by atoms with Gasteiger partial charge in [0, 0.05) is 19.1 Å². The Hall–Kier alpha value is -1.64. The second-order valence-corrected chi connectivity index (χ2v) is 5.65. The van der Waals surface area contributed by atoms with Crippen LogP contribution in [0.2, 0.25) is 0 Å². The molecule has 0 aliphatic heterocycles. The van der Waals surface area contributed by atoms with Crippen molar-refractivity contribution in [3.63, 3.8) is 0 Å². The van der Waals surface area contributed by atoms with Gasteiger partial charge >= 0.3 is 0 Å². The first-order valence-corrected chi connectivity index (χ1v) is 7.70. The van der Waals surface area contributed by atoms with E-state index in [1.807, 2.05) is 0 Å². The molecule has 2 aromatic carbocycles. The molecular weight excluding hydrogens is 256 g/mol. The molecule has 0 saturated carbocycles. The highest BCUT2D eigenvalue weighted by molar-refractivity contribution is 5.31. The van der Waals surface area contributed by atoms with Crippen LogP contribution in [0, 0.1) is 6.92 Å². The summed E-state index contributed by atoms with van der Waals surface area (Å²) in [6.45, 7) is 5.93. The van der Waals surface area contributed by atoms with Crippen molar-refractivity contribution >= 4 is 0 Å². The number of hydrogen-bond donors (Lipinski definition) is 1. The molecule has 2 heteroatoms. The Morgan fingerprint density at radius 2 is 1.62 bits per heavy atom. The third-order valence-corrected chi connectivity index (χ3v) is 4.23. The summed E-state index contributed by atoms with van der Waals surface area (Å²) in [7, 11) is 2.16. The third-order valence-electron chi connectivity index (χ3n) is 4.23. The molecule has 2 N–H and O–H groups in total. The van der Waals surface area contributed by atoms with Gasteiger partial charge < -0.3 is 5.73 Å². The van der Waals surface area contributed by atoms with Crippen LogP contribution in [0.4, 0.5) is 0 Å². The van der Waals surface area contributed by atoms with Crippen LogP contribution >= 0.6 is 0 Å². The lowest BCUT2D eigenvalue weighted by Gasteiger charge is -2.29. The zero-order chi connectivity index (χ0) is 15.2. The highest BCUT2D eigenvalue weighted by Gasteiger charge is 2.18. The van der Waals surface area contributed by atoms with E-state index in [1.54, 1.807) is 0 Å². The van der Waals surface area contributed by atoms with Gasteiger partial charge in [0.25, 0.3) is 0 Å². The van der Waals surface area contributed by atoms with Crippen LogP contribution in [0.3, 0.4) is 0 Å². The molecule has 2 rings (SSSR count). The zero-order valence-corrected chi connectivity index (χ0v) is 13.3. The zero-order valence-electron chi connectivity index (χ0n) is 13.3. The van der Waals surface area contributed by atoms with Crippen molar-refractivity contribution in [2.75, 3.05) is 13.6 Å². The van der Waals surface area contributed by atoms with E-state index in [-0.39, 0.29) is 6.04 Å². The first-order valence-electron chi connectivity index (χ1n) is 7.70. The lowest BCUT2D eigenvalue weighted by atomic mass is 9.97. The maximum absolute atomic E-state index is 6.08. The fourth-order valence-corrected chi connectivity index (χ4v) is 2.89. The summed E-state index contributed by atoms with van der Waals surface area (Å²) in [6.07, 6.45) is 1.05. The van der Waals surface area contributed by atoms with Crippen molar-refractivity contribution in [1.29, 1.82) is 0 Å². The van der Waals surface area contributed by atoms with Crippen molar-refractivity contribution in [2.45, 2.75) is 32.9 Å². The molecule has 0 heterocycles. The van der Waals surface area contributed by atoms with E-state index >= 15 is 0 Å². The molecule has 0 aromatic heterocycles. The van der Waals surface area contributed by atoms with Gasteiger partial charge in [-0.15, -0.1) is 0 Å². The fourth-order valence-electron chi connectivity index (χ4n) is 2.89.